The summed E-state index contributed by atoms with van der Waals surface area (Å²) in [6.45, 7) is 0. The van der Waals surface area contributed by atoms with E-state index >= 15 is 0 Å². The van der Waals surface area contributed by atoms with Gasteiger partial charge >= 0.3 is 5.97 Å². The van der Waals surface area contributed by atoms with Crippen molar-refractivity contribution in [3.05, 3.63) is 56.4 Å². The third-order valence-electron chi connectivity index (χ3n) is 2.80. The number of aliphatic hydroxyl groups is 1. The predicted octanol–water partition coefficient (Wildman–Crippen LogP) is 3.56. The minimum Gasteiger partial charge on any atom is -0.502 e. The number of carbonyl (C=O) groups is 2. The van der Waals surface area contributed by atoms with Gasteiger partial charge in [-0.15, -0.1) is 11.3 Å². The Labute approximate surface area is 156 Å². The number of aliphatic hydroxyl groups excluding tert-OH is 1. The molecule has 132 valence electrons. The van der Waals surface area contributed by atoms with Crippen LogP contribution in [0.3, 0.4) is 0 Å². The van der Waals surface area contributed by atoms with Gasteiger partial charge in [-0.25, -0.2) is 13.2 Å². The average molecular weight is 422 g/mol. The van der Waals surface area contributed by atoms with E-state index in [-0.39, 0.29) is 24.8 Å². The molecule has 0 saturated heterocycles. The molecule has 0 saturated carbocycles. The molecule has 0 aliphatic heterocycles. The second kappa shape index (κ2) is 7.44. The summed E-state index contributed by atoms with van der Waals surface area (Å²) in [6, 6.07) is 6.49. The van der Waals surface area contributed by atoms with Gasteiger partial charge in [-0.3, -0.25) is 9.52 Å². The van der Waals surface area contributed by atoms with Crippen molar-refractivity contribution in [1.29, 1.82) is 0 Å². The molecule has 0 aliphatic rings. The molecule has 3 N–H and O–H groups in total. The average Bonchev–Trinajstić information content (AvgIpc) is 2.86. The van der Waals surface area contributed by atoms with E-state index in [1.165, 1.54) is 30.3 Å². The zero-order valence-electron chi connectivity index (χ0n) is 12.1. The van der Waals surface area contributed by atoms with Crippen molar-refractivity contribution >= 4 is 62.0 Å². The van der Waals surface area contributed by atoms with Crippen LogP contribution in [-0.2, 0) is 14.8 Å². The van der Waals surface area contributed by atoms with Crippen LogP contribution in [0.4, 0.5) is 5.69 Å². The Hall–Kier alpha value is -2.07. The monoisotopic (exact) mass is 421 g/mol. The molecule has 2 rings (SSSR count). The first-order chi connectivity index (χ1) is 11.6. The van der Waals surface area contributed by atoms with Gasteiger partial charge in [0, 0.05) is 17.3 Å². The number of nitrogens with one attached hydrogen (secondary N) is 1. The van der Waals surface area contributed by atoms with E-state index in [1.807, 2.05) is 0 Å². The number of anilines is 1. The molecule has 0 aliphatic carbocycles. The molecule has 1 heterocycles. The van der Waals surface area contributed by atoms with Crippen molar-refractivity contribution in [2.45, 2.75) is 4.90 Å². The SMILES string of the molecule is O=C(O)/C(O)=C/C(=O)c1cccc(NS(=O)(=O)c2cc(Cl)sc2Cl)c1. The van der Waals surface area contributed by atoms with Crippen LogP contribution in [0.1, 0.15) is 10.4 Å². The first-order valence-electron chi connectivity index (χ1n) is 6.36. The van der Waals surface area contributed by atoms with Gasteiger partial charge in [-0.05, 0) is 18.2 Å². The van der Waals surface area contributed by atoms with E-state index in [0.29, 0.717) is 6.08 Å². The second-order valence-electron chi connectivity index (χ2n) is 4.57. The number of aliphatic carboxylic acids is 1. The van der Waals surface area contributed by atoms with Crippen LogP contribution in [0.5, 0.6) is 0 Å². The molecule has 0 atom stereocenters. The van der Waals surface area contributed by atoms with Gasteiger partial charge in [0.2, 0.25) is 5.76 Å². The number of sulfonamides is 1. The first-order valence-corrected chi connectivity index (χ1v) is 9.41. The van der Waals surface area contributed by atoms with E-state index in [9.17, 15) is 18.0 Å². The maximum absolute atomic E-state index is 12.3. The number of rotatable bonds is 6. The minimum atomic E-state index is -4.03. The number of ketones is 1. The zero-order chi connectivity index (χ0) is 18.8. The van der Waals surface area contributed by atoms with Gasteiger partial charge < -0.3 is 10.2 Å². The number of carboxylic acid groups (broad SMARTS) is 1. The lowest BCUT2D eigenvalue weighted by Crippen LogP contribution is -2.13. The third kappa shape index (κ3) is 4.73. The lowest BCUT2D eigenvalue weighted by atomic mass is 10.1. The lowest BCUT2D eigenvalue weighted by molar-refractivity contribution is -0.135. The van der Waals surface area contributed by atoms with Crippen molar-refractivity contribution in [2.75, 3.05) is 4.72 Å². The van der Waals surface area contributed by atoms with Crippen LogP contribution in [-0.4, -0.2) is 30.4 Å². The molecule has 1 aromatic carbocycles. The fraction of sp³-hybridized carbons (Fsp3) is 0. The highest BCUT2D eigenvalue weighted by molar-refractivity contribution is 7.93. The molecule has 0 fully saturated rings. The Balaban J connectivity index is 2.30. The third-order valence-corrected chi connectivity index (χ3v) is 5.94. The summed E-state index contributed by atoms with van der Waals surface area (Å²) in [4.78, 5) is 22.2. The summed E-state index contributed by atoms with van der Waals surface area (Å²) in [5.41, 5.74) is 0.0231. The molecule has 11 heteroatoms. The van der Waals surface area contributed by atoms with E-state index in [4.69, 9.17) is 33.4 Å². The molecule has 0 amide bonds. The molecule has 1 aromatic heterocycles. The quantitative estimate of drug-likeness (QED) is 0.372. The van der Waals surface area contributed by atoms with E-state index in [2.05, 4.69) is 4.72 Å². The van der Waals surface area contributed by atoms with Crippen LogP contribution in [0.25, 0.3) is 0 Å². The maximum atomic E-state index is 12.3. The Morgan fingerprint density at radius 3 is 2.40 bits per heavy atom. The molecular formula is C14H9Cl2NO6S2. The van der Waals surface area contributed by atoms with Crippen LogP contribution < -0.4 is 4.72 Å². The summed E-state index contributed by atoms with van der Waals surface area (Å²) in [6.07, 6.45) is 0.519. The molecule has 0 spiro atoms. The summed E-state index contributed by atoms with van der Waals surface area (Å²) < 4.78 is 27.1. The summed E-state index contributed by atoms with van der Waals surface area (Å²) in [7, 11) is -4.03. The van der Waals surface area contributed by atoms with Crippen LogP contribution in [0.2, 0.25) is 8.67 Å². The summed E-state index contributed by atoms with van der Waals surface area (Å²) >= 11 is 12.5. The molecule has 2 aromatic rings. The van der Waals surface area contributed by atoms with Crippen LogP contribution in [0, 0.1) is 0 Å². The standard InChI is InChI=1S/C14H9Cl2NO6S2/c15-12-6-11(13(16)24-12)25(22,23)17-8-3-1-2-7(4-8)9(18)5-10(19)14(20)21/h1-6,17,19H,(H,20,21)/b10-5-. The summed E-state index contributed by atoms with van der Waals surface area (Å²) in [5.74, 6) is -3.59. The number of hydrogen-bond acceptors (Lipinski definition) is 6. The van der Waals surface area contributed by atoms with E-state index < -0.39 is 27.5 Å². The zero-order valence-corrected chi connectivity index (χ0v) is 15.2. The Morgan fingerprint density at radius 1 is 1.16 bits per heavy atom. The molecule has 7 nitrogen and oxygen atoms in total. The van der Waals surface area contributed by atoms with Gasteiger partial charge in [-0.1, -0.05) is 35.3 Å². The molecular weight excluding hydrogens is 413 g/mol. The Kier molecular flexibility index (Phi) is 5.73. The van der Waals surface area contributed by atoms with Gasteiger partial charge in [0.05, 0.1) is 4.34 Å². The number of halogens is 2. The van der Waals surface area contributed by atoms with E-state index in [0.717, 1.165) is 11.3 Å². The first kappa shape index (κ1) is 19.3. The van der Waals surface area contributed by atoms with Crippen molar-refractivity contribution in [2.24, 2.45) is 0 Å². The largest absolute Gasteiger partial charge is 0.502 e. The van der Waals surface area contributed by atoms with Crippen molar-refractivity contribution < 1.29 is 28.2 Å². The topological polar surface area (TPSA) is 121 Å². The van der Waals surface area contributed by atoms with Gasteiger partial charge in [0.25, 0.3) is 10.0 Å². The predicted molar refractivity (Wildman–Crippen MR) is 94.3 cm³/mol. The highest BCUT2D eigenvalue weighted by atomic mass is 35.5. The highest BCUT2D eigenvalue weighted by Crippen LogP contribution is 2.35. The van der Waals surface area contributed by atoms with Gasteiger partial charge in [0.15, 0.2) is 5.78 Å². The number of carbonyl (C=O) groups excluding carboxylic acids is 1. The number of hydrogen-bond donors (Lipinski definition) is 3. The van der Waals surface area contributed by atoms with Gasteiger partial charge in [-0.2, -0.15) is 0 Å². The van der Waals surface area contributed by atoms with Gasteiger partial charge in [0.1, 0.15) is 9.23 Å². The molecule has 0 bridgehead atoms. The second-order valence-corrected chi connectivity index (χ2v) is 8.51. The lowest BCUT2D eigenvalue weighted by Gasteiger charge is -2.08. The van der Waals surface area contributed by atoms with Crippen molar-refractivity contribution in [3.8, 4) is 0 Å². The van der Waals surface area contributed by atoms with E-state index in [1.54, 1.807) is 0 Å². The number of thiophene rings is 1. The Morgan fingerprint density at radius 2 is 1.84 bits per heavy atom. The fourth-order valence-corrected chi connectivity index (χ4v) is 4.92. The van der Waals surface area contributed by atoms with Crippen molar-refractivity contribution in [1.82, 2.24) is 0 Å². The Bertz CT molecular complexity index is 981. The molecule has 25 heavy (non-hydrogen) atoms. The molecule has 0 radical (unpaired) electrons. The highest BCUT2D eigenvalue weighted by Gasteiger charge is 2.21. The molecule has 0 unspecified atom stereocenters. The maximum Gasteiger partial charge on any atom is 0.371 e. The summed E-state index contributed by atoms with van der Waals surface area (Å²) in [5, 5.41) is 17.7. The number of carboxylic acids is 1. The normalized spacial score (nSPS) is 12.0. The van der Waals surface area contributed by atoms with Crippen molar-refractivity contribution in [3.63, 3.8) is 0 Å². The fourth-order valence-electron chi connectivity index (χ4n) is 1.72. The van der Waals surface area contributed by atoms with Crippen LogP contribution >= 0.6 is 34.5 Å². The van der Waals surface area contributed by atoms with Crippen LogP contribution in [0.15, 0.2) is 47.1 Å². The number of benzene rings is 1. The smallest absolute Gasteiger partial charge is 0.371 e. The number of allylic oxidation sites excluding steroid dienone is 1. The minimum absolute atomic E-state index is 0.0148.